The van der Waals surface area contributed by atoms with E-state index in [0.717, 1.165) is 12.3 Å². The van der Waals surface area contributed by atoms with E-state index in [1.54, 1.807) is 6.92 Å². The Morgan fingerprint density at radius 2 is 2.21 bits per heavy atom. The minimum Gasteiger partial charge on any atom is -0.468 e. The molecule has 0 aromatic heterocycles. The van der Waals surface area contributed by atoms with Gasteiger partial charge >= 0.3 is 5.97 Å². The van der Waals surface area contributed by atoms with Crippen LogP contribution in [-0.2, 0) is 14.3 Å². The molecule has 14 heavy (non-hydrogen) atoms. The van der Waals surface area contributed by atoms with Gasteiger partial charge in [-0.15, -0.1) is 0 Å². The lowest BCUT2D eigenvalue weighted by Crippen LogP contribution is -2.49. The van der Waals surface area contributed by atoms with Crippen LogP contribution in [0.15, 0.2) is 0 Å². The Balaban J connectivity index is 2.10. The summed E-state index contributed by atoms with van der Waals surface area (Å²) in [7, 11) is 1.33. The van der Waals surface area contributed by atoms with E-state index >= 15 is 0 Å². The first-order chi connectivity index (χ1) is 6.56. The van der Waals surface area contributed by atoms with Gasteiger partial charge < -0.3 is 15.2 Å². The molecule has 0 heterocycles. The summed E-state index contributed by atoms with van der Waals surface area (Å²) in [6.45, 7) is 2.54. The first-order valence-electron chi connectivity index (χ1n) is 5.01. The van der Waals surface area contributed by atoms with Crippen molar-refractivity contribution in [2.45, 2.75) is 31.7 Å². The SMILES string of the molecule is COC(=O)C(C)(N)COCCC1CC1. The molecular formula is C10H19NO3. The molecule has 1 aliphatic carbocycles. The Bertz CT molecular complexity index is 200. The minimum absolute atomic E-state index is 0.229. The van der Waals surface area contributed by atoms with E-state index in [2.05, 4.69) is 4.74 Å². The third-order valence-corrected chi connectivity index (χ3v) is 2.42. The highest BCUT2D eigenvalue weighted by Crippen LogP contribution is 2.32. The van der Waals surface area contributed by atoms with Crippen LogP contribution in [0, 0.1) is 5.92 Å². The zero-order valence-corrected chi connectivity index (χ0v) is 8.91. The van der Waals surface area contributed by atoms with Crippen LogP contribution in [0.3, 0.4) is 0 Å². The van der Waals surface area contributed by atoms with E-state index in [1.165, 1.54) is 20.0 Å². The molecule has 1 aliphatic rings. The predicted molar refractivity (Wildman–Crippen MR) is 52.8 cm³/mol. The Morgan fingerprint density at radius 3 is 2.71 bits per heavy atom. The highest BCUT2D eigenvalue weighted by Gasteiger charge is 2.30. The van der Waals surface area contributed by atoms with Crippen molar-refractivity contribution >= 4 is 5.97 Å². The Kier molecular flexibility index (Phi) is 3.89. The molecule has 0 radical (unpaired) electrons. The van der Waals surface area contributed by atoms with Gasteiger partial charge in [-0.05, 0) is 19.3 Å². The summed E-state index contributed by atoms with van der Waals surface area (Å²) in [6, 6.07) is 0. The van der Waals surface area contributed by atoms with Gasteiger partial charge in [0.1, 0.15) is 5.54 Å². The van der Waals surface area contributed by atoms with Crippen LogP contribution in [-0.4, -0.2) is 31.8 Å². The highest BCUT2D eigenvalue weighted by molar-refractivity contribution is 5.80. The topological polar surface area (TPSA) is 61.5 Å². The van der Waals surface area contributed by atoms with Crippen LogP contribution in [0.1, 0.15) is 26.2 Å². The van der Waals surface area contributed by atoms with Gasteiger partial charge in [0, 0.05) is 6.61 Å². The first kappa shape index (κ1) is 11.5. The molecule has 82 valence electrons. The van der Waals surface area contributed by atoms with Crippen molar-refractivity contribution in [1.29, 1.82) is 0 Å². The lowest BCUT2D eigenvalue weighted by atomic mass is 10.1. The van der Waals surface area contributed by atoms with Crippen molar-refractivity contribution in [2.24, 2.45) is 11.7 Å². The Labute approximate surface area is 84.7 Å². The fourth-order valence-corrected chi connectivity index (χ4v) is 1.23. The first-order valence-corrected chi connectivity index (χ1v) is 5.01. The maximum atomic E-state index is 11.1. The maximum absolute atomic E-state index is 11.1. The van der Waals surface area contributed by atoms with Crippen molar-refractivity contribution < 1.29 is 14.3 Å². The van der Waals surface area contributed by atoms with Crippen molar-refractivity contribution in [3.63, 3.8) is 0 Å². The largest absolute Gasteiger partial charge is 0.468 e. The van der Waals surface area contributed by atoms with Crippen molar-refractivity contribution in [3.05, 3.63) is 0 Å². The second-order valence-corrected chi connectivity index (χ2v) is 4.19. The molecule has 1 fully saturated rings. The number of rotatable bonds is 6. The number of esters is 1. The number of carbonyl (C=O) groups is 1. The number of methoxy groups -OCH3 is 1. The average Bonchev–Trinajstić information content (AvgIpc) is 2.94. The summed E-state index contributed by atoms with van der Waals surface area (Å²) in [5.41, 5.74) is 4.69. The molecule has 0 amide bonds. The molecule has 1 unspecified atom stereocenters. The van der Waals surface area contributed by atoms with Gasteiger partial charge in [-0.25, -0.2) is 4.79 Å². The zero-order chi connectivity index (χ0) is 10.6. The Hall–Kier alpha value is -0.610. The minimum atomic E-state index is -1.02. The lowest BCUT2D eigenvalue weighted by Gasteiger charge is -2.20. The fourth-order valence-electron chi connectivity index (χ4n) is 1.23. The molecule has 4 heteroatoms. The van der Waals surface area contributed by atoms with E-state index in [0.29, 0.717) is 6.61 Å². The van der Waals surface area contributed by atoms with Crippen LogP contribution in [0.2, 0.25) is 0 Å². The van der Waals surface area contributed by atoms with E-state index in [9.17, 15) is 4.79 Å². The maximum Gasteiger partial charge on any atom is 0.327 e. The van der Waals surface area contributed by atoms with Crippen molar-refractivity contribution in [2.75, 3.05) is 20.3 Å². The van der Waals surface area contributed by atoms with Gasteiger partial charge in [-0.1, -0.05) is 12.8 Å². The third kappa shape index (κ3) is 3.64. The molecule has 0 spiro atoms. The standard InChI is InChI=1S/C10H19NO3/c1-10(11,9(12)13-2)7-14-6-5-8-3-4-8/h8H,3-7,11H2,1-2H3. The van der Waals surface area contributed by atoms with Crippen LogP contribution in [0.5, 0.6) is 0 Å². The highest BCUT2D eigenvalue weighted by atomic mass is 16.5. The number of hydrogen-bond donors (Lipinski definition) is 1. The van der Waals surface area contributed by atoms with Crippen LogP contribution < -0.4 is 5.73 Å². The normalized spacial score (nSPS) is 20.2. The zero-order valence-electron chi connectivity index (χ0n) is 8.91. The van der Waals surface area contributed by atoms with Crippen LogP contribution in [0.4, 0.5) is 0 Å². The molecule has 4 nitrogen and oxygen atoms in total. The van der Waals surface area contributed by atoms with E-state index < -0.39 is 11.5 Å². The molecule has 0 saturated heterocycles. The van der Waals surface area contributed by atoms with Gasteiger partial charge in [-0.2, -0.15) is 0 Å². The number of ether oxygens (including phenoxy) is 2. The quantitative estimate of drug-likeness (QED) is 0.507. The predicted octanol–water partition coefficient (Wildman–Crippen LogP) is 0.693. The molecule has 0 aliphatic heterocycles. The molecule has 1 rings (SSSR count). The molecule has 1 atom stereocenters. The second kappa shape index (κ2) is 4.75. The molecule has 0 aromatic rings. The van der Waals surface area contributed by atoms with E-state index in [1.807, 2.05) is 0 Å². The summed E-state index contributed by atoms with van der Waals surface area (Å²) in [6.07, 6.45) is 3.72. The monoisotopic (exact) mass is 201 g/mol. The molecule has 2 N–H and O–H groups in total. The fraction of sp³-hybridized carbons (Fsp3) is 0.900. The van der Waals surface area contributed by atoms with Gasteiger partial charge in [-0.3, -0.25) is 0 Å². The summed E-state index contributed by atoms with van der Waals surface area (Å²) in [5, 5.41) is 0. The van der Waals surface area contributed by atoms with Crippen LogP contribution >= 0.6 is 0 Å². The smallest absolute Gasteiger partial charge is 0.327 e. The number of hydrogen-bond acceptors (Lipinski definition) is 4. The summed E-state index contributed by atoms with van der Waals surface area (Å²) in [4.78, 5) is 11.1. The molecule has 1 saturated carbocycles. The summed E-state index contributed by atoms with van der Waals surface area (Å²) < 4.78 is 9.91. The number of carbonyl (C=O) groups excluding carboxylic acids is 1. The Morgan fingerprint density at radius 1 is 1.57 bits per heavy atom. The van der Waals surface area contributed by atoms with Gasteiger partial charge in [0.15, 0.2) is 0 Å². The molecular weight excluding hydrogens is 182 g/mol. The second-order valence-electron chi connectivity index (χ2n) is 4.19. The van der Waals surface area contributed by atoms with Crippen molar-refractivity contribution in [3.8, 4) is 0 Å². The summed E-state index contributed by atoms with van der Waals surface area (Å²) >= 11 is 0. The van der Waals surface area contributed by atoms with E-state index in [-0.39, 0.29) is 6.61 Å². The molecule has 0 aromatic carbocycles. The number of nitrogens with two attached hydrogens (primary N) is 1. The van der Waals surface area contributed by atoms with Gasteiger partial charge in [0.25, 0.3) is 0 Å². The lowest BCUT2D eigenvalue weighted by molar-refractivity contribution is -0.148. The van der Waals surface area contributed by atoms with Gasteiger partial charge in [0.05, 0.1) is 13.7 Å². The van der Waals surface area contributed by atoms with Crippen LogP contribution in [0.25, 0.3) is 0 Å². The third-order valence-electron chi connectivity index (χ3n) is 2.42. The molecule has 0 bridgehead atoms. The van der Waals surface area contributed by atoms with E-state index in [4.69, 9.17) is 10.5 Å². The summed E-state index contributed by atoms with van der Waals surface area (Å²) in [5.74, 6) is 0.418. The average molecular weight is 201 g/mol. The van der Waals surface area contributed by atoms with Gasteiger partial charge in [0.2, 0.25) is 0 Å². The van der Waals surface area contributed by atoms with Crippen molar-refractivity contribution in [1.82, 2.24) is 0 Å².